The van der Waals surface area contributed by atoms with Crippen LogP contribution in [-0.4, -0.2) is 5.91 Å². The SMILES string of the molecule is Nc1c(F)cc(C(=O)Nc2cc(F)c(Br)cc2F)cc1F. The Hall–Kier alpha value is -2.09. The summed E-state index contributed by atoms with van der Waals surface area (Å²) in [6.07, 6.45) is 0. The number of nitrogen functional groups attached to an aromatic ring is 1. The number of anilines is 2. The minimum absolute atomic E-state index is 0.123. The lowest BCUT2D eigenvalue weighted by Gasteiger charge is -2.08. The molecule has 0 saturated heterocycles. The fraction of sp³-hybridized carbons (Fsp3) is 0. The van der Waals surface area contributed by atoms with E-state index in [9.17, 15) is 22.4 Å². The van der Waals surface area contributed by atoms with Crippen LogP contribution in [0, 0.1) is 23.3 Å². The van der Waals surface area contributed by atoms with Gasteiger partial charge in [-0.3, -0.25) is 4.79 Å². The van der Waals surface area contributed by atoms with Crippen LogP contribution in [0.2, 0.25) is 0 Å². The summed E-state index contributed by atoms with van der Waals surface area (Å²) in [4.78, 5) is 11.8. The van der Waals surface area contributed by atoms with Gasteiger partial charge in [0.1, 0.15) is 29.0 Å². The van der Waals surface area contributed by atoms with Crippen LogP contribution in [0.1, 0.15) is 10.4 Å². The maximum atomic E-state index is 13.5. The quantitative estimate of drug-likeness (QED) is 0.484. The van der Waals surface area contributed by atoms with E-state index in [2.05, 4.69) is 15.9 Å². The van der Waals surface area contributed by atoms with E-state index in [-0.39, 0.29) is 4.47 Å². The van der Waals surface area contributed by atoms with Crippen molar-refractivity contribution in [1.29, 1.82) is 0 Å². The third kappa shape index (κ3) is 3.15. The highest BCUT2D eigenvalue weighted by molar-refractivity contribution is 9.10. The van der Waals surface area contributed by atoms with E-state index in [0.717, 1.165) is 12.1 Å². The smallest absolute Gasteiger partial charge is 0.255 e. The molecule has 110 valence electrons. The van der Waals surface area contributed by atoms with Crippen molar-refractivity contribution in [3.8, 4) is 0 Å². The summed E-state index contributed by atoms with van der Waals surface area (Å²) >= 11 is 2.78. The molecule has 0 aliphatic carbocycles. The summed E-state index contributed by atoms with van der Waals surface area (Å²) in [5.41, 5.74) is 3.46. The number of rotatable bonds is 2. The van der Waals surface area contributed by atoms with Crippen molar-refractivity contribution in [2.75, 3.05) is 11.1 Å². The first-order chi connectivity index (χ1) is 9.79. The molecule has 0 spiro atoms. The third-order valence-corrected chi connectivity index (χ3v) is 3.21. The fourth-order valence-electron chi connectivity index (χ4n) is 1.53. The lowest BCUT2D eigenvalue weighted by atomic mass is 10.1. The predicted molar refractivity (Wildman–Crippen MR) is 72.8 cm³/mol. The molecule has 3 N–H and O–H groups in total. The first kappa shape index (κ1) is 15.3. The van der Waals surface area contributed by atoms with E-state index in [1.807, 2.05) is 5.32 Å². The number of halogens is 5. The van der Waals surface area contributed by atoms with Gasteiger partial charge in [0.05, 0.1) is 10.2 Å². The zero-order valence-corrected chi connectivity index (χ0v) is 11.8. The molecular weight excluding hydrogens is 356 g/mol. The van der Waals surface area contributed by atoms with Crippen LogP contribution < -0.4 is 11.1 Å². The number of benzene rings is 2. The van der Waals surface area contributed by atoms with Crippen LogP contribution in [0.4, 0.5) is 28.9 Å². The van der Waals surface area contributed by atoms with Gasteiger partial charge in [-0.1, -0.05) is 0 Å². The van der Waals surface area contributed by atoms with Gasteiger partial charge < -0.3 is 11.1 Å². The molecule has 0 fully saturated rings. The minimum atomic E-state index is -1.12. The Bertz CT molecular complexity index is 713. The Balaban J connectivity index is 2.32. The molecule has 0 radical (unpaired) electrons. The summed E-state index contributed by atoms with van der Waals surface area (Å²) < 4.78 is 53.2. The lowest BCUT2D eigenvalue weighted by Crippen LogP contribution is -2.14. The van der Waals surface area contributed by atoms with E-state index >= 15 is 0 Å². The Morgan fingerprint density at radius 1 is 0.952 bits per heavy atom. The van der Waals surface area contributed by atoms with Gasteiger partial charge in [0, 0.05) is 11.6 Å². The molecule has 3 nitrogen and oxygen atoms in total. The number of carbonyl (C=O) groups excluding carboxylic acids is 1. The van der Waals surface area contributed by atoms with E-state index in [4.69, 9.17) is 5.73 Å². The molecule has 1 amide bonds. The standard InChI is InChI=1S/C13H7BrF4N2O/c14-6-3-8(16)11(4-7(6)15)20-13(21)5-1-9(17)12(19)10(18)2-5/h1-4H,19H2,(H,20,21). The van der Waals surface area contributed by atoms with Gasteiger partial charge in [-0.15, -0.1) is 0 Å². The topological polar surface area (TPSA) is 55.1 Å². The Morgan fingerprint density at radius 2 is 1.52 bits per heavy atom. The second-order valence-corrected chi connectivity index (χ2v) is 4.91. The molecule has 0 unspecified atom stereocenters. The van der Waals surface area contributed by atoms with Gasteiger partial charge in [0.15, 0.2) is 0 Å². The highest BCUT2D eigenvalue weighted by atomic mass is 79.9. The monoisotopic (exact) mass is 362 g/mol. The molecule has 0 atom stereocenters. The molecule has 2 aromatic carbocycles. The van der Waals surface area contributed by atoms with Gasteiger partial charge in [-0.05, 0) is 34.1 Å². The Morgan fingerprint density at radius 3 is 2.10 bits per heavy atom. The summed E-state index contributed by atoms with van der Waals surface area (Å²) in [5.74, 6) is -4.96. The van der Waals surface area contributed by atoms with Crippen molar-refractivity contribution < 1.29 is 22.4 Å². The highest BCUT2D eigenvalue weighted by Crippen LogP contribution is 2.24. The maximum Gasteiger partial charge on any atom is 0.255 e. The second-order valence-electron chi connectivity index (χ2n) is 4.05. The molecule has 0 aliphatic heterocycles. The first-order valence-electron chi connectivity index (χ1n) is 5.50. The predicted octanol–water partition coefficient (Wildman–Crippen LogP) is 3.84. The van der Waals surface area contributed by atoms with Crippen LogP contribution >= 0.6 is 15.9 Å². The summed E-state index contributed by atoms with van der Waals surface area (Å²) in [6.45, 7) is 0. The van der Waals surface area contributed by atoms with Gasteiger partial charge in [-0.25, -0.2) is 17.6 Å². The molecule has 0 aliphatic rings. The largest absolute Gasteiger partial charge is 0.394 e. The molecule has 0 heterocycles. The van der Waals surface area contributed by atoms with E-state index in [0.29, 0.717) is 12.1 Å². The second kappa shape index (κ2) is 5.72. The molecule has 21 heavy (non-hydrogen) atoms. The van der Waals surface area contributed by atoms with Gasteiger partial charge in [0.25, 0.3) is 5.91 Å². The molecular formula is C13H7BrF4N2O. The van der Waals surface area contributed by atoms with Crippen molar-refractivity contribution in [1.82, 2.24) is 0 Å². The van der Waals surface area contributed by atoms with Crippen molar-refractivity contribution >= 4 is 33.2 Å². The summed E-state index contributed by atoms with van der Waals surface area (Å²) in [7, 11) is 0. The van der Waals surface area contributed by atoms with Crippen molar-refractivity contribution in [2.45, 2.75) is 0 Å². The highest BCUT2D eigenvalue weighted by Gasteiger charge is 2.16. The molecule has 0 saturated carbocycles. The average molecular weight is 363 g/mol. The van der Waals surface area contributed by atoms with Gasteiger partial charge in [0.2, 0.25) is 0 Å². The van der Waals surface area contributed by atoms with Crippen molar-refractivity contribution in [3.05, 3.63) is 57.6 Å². The fourth-order valence-corrected chi connectivity index (χ4v) is 1.84. The van der Waals surface area contributed by atoms with Crippen LogP contribution in [0.15, 0.2) is 28.7 Å². The minimum Gasteiger partial charge on any atom is -0.394 e. The molecule has 2 rings (SSSR count). The van der Waals surface area contributed by atoms with Crippen molar-refractivity contribution in [3.63, 3.8) is 0 Å². The van der Waals surface area contributed by atoms with E-state index in [1.165, 1.54) is 0 Å². The summed E-state index contributed by atoms with van der Waals surface area (Å²) in [5, 5.41) is 2.02. The van der Waals surface area contributed by atoms with Gasteiger partial charge >= 0.3 is 0 Å². The number of nitrogens with one attached hydrogen (secondary N) is 1. The first-order valence-corrected chi connectivity index (χ1v) is 6.29. The van der Waals surface area contributed by atoms with Crippen molar-refractivity contribution in [2.24, 2.45) is 0 Å². The number of hydrogen-bond donors (Lipinski definition) is 2. The van der Waals surface area contributed by atoms with Gasteiger partial charge in [-0.2, -0.15) is 0 Å². The number of hydrogen-bond acceptors (Lipinski definition) is 2. The van der Waals surface area contributed by atoms with E-state index < -0.39 is 46.1 Å². The lowest BCUT2D eigenvalue weighted by molar-refractivity contribution is 0.102. The Kier molecular flexibility index (Phi) is 4.17. The zero-order chi connectivity index (χ0) is 15.7. The molecule has 2 aromatic rings. The molecule has 8 heteroatoms. The zero-order valence-electron chi connectivity index (χ0n) is 10.2. The molecule has 0 bridgehead atoms. The maximum absolute atomic E-state index is 13.5. The van der Waals surface area contributed by atoms with E-state index in [1.54, 1.807) is 0 Å². The third-order valence-electron chi connectivity index (χ3n) is 2.60. The number of carbonyl (C=O) groups is 1. The number of amides is 1. The Labute approximate surface area is 124 Å². The summed E-state index contributed by atoms with van der Waals surface area (Å²) in [6, 6.07) is 2.94. The van der Waals surface area contributed by atoms with Crippen LogP contribution in [0.5, 0.6) is 0 Å². The number of nitrogens with two attached hydrogens (primary N) is 1. The normalized spacial score (nSPS) is 10.5. The molecule has 0 aromatic heterocycles. The van der Waals surface area contributed by atoms with Crippen LogP contribution in [0.3, 0.4) is 0 Å². The average Bonchev–Trinajstić information content (AvgIpc) is 2.41. The van der Waals surface area contributed by atoms with Crippen LogP contribution in [-0.2, 0) is 0 Å². The van der Waals surface area contributed by atoms with Crippen LogP contribution in [0.25, 0.3) is 0 Å².